The lowest BCUT2D eigenvalue weighted by Gasteiger charge is -2.18. The van der Waals surface area contributed by atoms with Gasteiger partial charge in [0.2, 0.25) is 11.8 Å². The van der Waals surface area contributed by atoms with E-state index in [2.05, 4.69) is 10.5 Å². The third-order valence-electron chi connectivity index (χ3n) is 2.67. The van der Waals surface area contributed by atoms with E-state index in [9.17, 15) is 9.59 Å². The second-order valence-electron chi connectivity index (χ2n) is 3.69. The number of rotatable bonds is 1. The van der Waals surface area contributed by atoms with Crippen molar-refractivity contribution in [3.05, 3.63) is 17.1 Å². The van der Waals surface area contributed by atoms with Gasteiger partial charge in [0.15, 0.2) is 5.58 Å². The molecular formula is C10H8N2O3S. The van der Waals surface area contributed by atoms with Crippen LogP contribution in [0.2, 0.25) is 0 Å². The van der Waals surface area contributed by atoms with Crippen molar-refractivity contribution in [2.24, 2.45) is 0 Å². The van der Waals surface area contributed by atoms with E-state index in [0.29, 0.717) is 24.1 Å². The van der Waals surface area contributed by atoms with Crippen LogP contribution in [-0.4, -0.2) is 17.0 Å². The molecule has 0 spiro atoms. The van der Waals surface area contributed by atoms with Gasteiger partial charge < -0.3 is 4.52 Å². The van der Waals surface area contributed by atoms with E-state index in [4.69, 9.17) is 4.52 Å². The Labute approximate surface area is 94.4 Å². The van der Waals surface area contributed by atoms with Crippen LogP contribution < -0.4 is 5.32 Å². The van der Waals surface area contributed by atoms with Crippen LogP contribution in [0.4, 0.5) is 0 Å². The Bertz CT molecular complexity index is 571. The third kappa shape index (κ3) is 1.34. The molecule has 16 heavy (non-hydrogen) atoms. The molecular weight excluding hydrogens is 228 g/mol. The van der Waals surface area contributed by atoms with E-state index in [1.54, 1.807) is 0 Å². The highest BCUT2D eigenvalue weighted by molar-refractivity contribution is 7.17. The number of thiophene rings is 1. The number of aromatic nitrogens is 1. The van der Waals surface area contributed by atoms with Crippen LogP contribution in [0.25, 0.3) is 10.3 Å². The minimum Gasteiger partial charge on any atom is -0.355 e. The van der Waals surface area contributed by atoms with Crippen molar-refractivity contribution in [1.29, 1.82) is 0 Å². The van der Waals surface area contributed by atoms with Crippen molar-refractivity contribution in [2.75, 3.05) is 0 Å². The van der Waals surface area contributed by atoms with Crippen LogP contribution in [0.3, 0.4) is 0 Å². The van der Waals surface area contributed by atoms with Crippen molar-refractivity contribution < 1.29 is 14.1 Å². The second kappa shape index (κ2) is 3.41. The fourth-order valence-corrected chi connectivity index (χ4v) is 2.72. The Morgan fingerprint density at radius 1 is 1.50 bits per heavy atom. The predicted molar refractivity (Wildman–Crippen MR) is 57.0 cm³/mol. The highest BCUT2D eigenvalue weighted by atomic mass is 32.1. The first-order valence-electron chi connectivity index (χ1n) is 4.92. The average Bonchev–Trinajstić information content (AvgIpc) is 2.80. The summed E-state index contributed by atoms with van der Waals surface area (Å²) in [6.07, 6.45) is 0.861. The molecule has 1 unspecified atom stereocenters. The second-order valence-corrected chi connectivity index (χ2v) is 4.60. The number of carbonyl (C=O) groups is 2. The average molecular weight is 236 g/mol. The van der Waals surface area contributed by atoms with E-state index in [1.807, 2.05) is 11.4 Å². The van der Waals surface area contributed by atoms with Gasteiger partial charge in [0, 0.05) is 6.42 Å². The first kappa shape index (κ1) is 9.53. The van der Waals surface area contributed by atoms with Gasteiger partial charge in [-0.05, 0) is 17.9 Å². The first-order valence-corrected chi connectivity index (χ1v) is 5.80. The molecule has 1 N–H and O–H groups in total. The number of hydrogen-bond donors (Lipinski definition) is 1. The van der Waals surface area contributed by atoms with Crippen LogP contribution >= 0.6 is 11.3 Å². The predicted octanol–water partition coefficient (Wildman–Crippen LogP) is 1.41. The topological polar surface area (TPSA) is 72.2 Å². The maximum atomic E-state index is 11.7. The van der Waals surface area contributed by atoms with Crippen molar-refractivity contribution in [3.8, 4) is 0 Å². The Morgan fingerprint density at radius 2 is 2.38 bits per heavy atom. The summed E-state index contributed by atoms with van der Waals surface area (Å²) < 4.78 is 6.01. The molecule has 0 bridgehead atoms. The van der Waals surface area contributed by atoms with Crippen LogP contribution in [-0.2, 0) is 9.59 Å². The zero-order chi connectivity index (χ0) is 11.1. The fraction of sp³-hybridized carbons (Fsp3) is 0.300. The fourth-order valence-electron chi connectivity index (χ4n) is 1.87. The van der Waals surface area contributed by atoms with Gasteiger partial charge in [-0.3, -0.25) is 14.9 Å². The lowest BCUT2D eigenvalue weighted by molar-refractivity contribution is -0.134. The molecule has 6 heteroatoms. The summed E-state index contributed by atoms with van der Waals surface area (Å²) in [4.78, 5) is 22.7. The molecule has 2 amide bonds. The van der Waals surface area contributed by atoms with Crippen LogP contribution in [0.5, 0.6) is 0 Å². The van der Waals surface area contributed by atoms with Crippen molar-refractivity contribution >= 4 is 33.4 Å². The number of imide groups is 1. The molecule has 5 nitrogen and oxygen atoms in total. The van der Waals surface area contributed by atoms with Gasteiger partial charge in [-0.2, -0.15) is 0 Å². The first-order chi connectivity index (χ1) is 7.75. The summed E-state index contributed by atoms with van der Waals surface area (Å²) >= 11 is 1.50. The summed E-state index contributed by atoms with van der Waals surface area (Å²) in [5.74, 6) is -0.857. The van der Waals surface area contributed by atoms with Gasteiger partial charge >= 0.3 is 0 Å². The van der Waals surface area contributed by atoms with Gasteiger partial charge in [0.1, 0.15) is 5.69 Å². The highest BCUT2D eigenvalue weighted by Crippen LogP contribution is 2.33. The smallest absolute Gasteiger partial charge is 0.235 e. The largest absolute Gasteiger partial charge is 0.355 e. The molecule has 0 aromatic carbocycles. The van der Waals surface area contributed by atoms with Gasteiger partial charge in [0.05, 0.1) is 10.6 Å². The number of nitrogens with one attached hydrogen (secondary N) is 1. The number of piperidine rings is 1. The standard InChI is InChI=1S/C10H8N2O3S/c13-7-2-1-5(10(14)11-7)8-9-6(15-12-8)3-4-16-9/h3-5H,1-2H2,(H,11,13,14). The summed E-state index contributed by atoms with van der Waals surface area (Å²) in [5, 5.41) is 8.13. The van der Waals surface area contributed by atoms with Gasteiger partial charge in [-0.1, -0.05) is 5.16 Å². The molecule has 2 aromatic heterocycles. The summed E-state index contributed by atoms with van der Waals surface area (Å²) in [6.45, 7) is 0. The van der Waals surface area contributed by atoms with E-state index in [0.717, 1.165) is 4.70 Å². The Kier molecular flexibility index (Phi) is 2.03. The maximum absolute atomic E-state index is 11.7. The molecule has 0 saturated carbocycles. The molecule has 0 aliphatic carbocycles. The Morgan fingerprint density at radius 3 is 3.19 bits per heavy atom. The molecule has 1 aliphatic heterocycles. The molecule has 0 radical (unpaired) electrons. The maximum Gasteiger partial charge on any atom is 0.235 e. The van der Waals surface area contributed by atoms with E-state index < -0.39 is 0 Å². The van der Waals surface area contributed by atoms with E-state index in [-0.39, 0.29) is 17.7 Å². The lowest BCUT2D eigenvalue weighted by atomic mass is 9.95. The van der Waals surface area contributed by atoms with Crippen molar-refractivity contribution in [1.82, 2.24) is 10.5 Å². The van der Waals surface area contributed by atoms with Crippen molar-refractivity contribution in [3.63, 3.8) is 0 Å². The molecule has 3 heterocycles. The molecule has 3 rings (SSSR count). The van der Waals surface area contributed by atoms with Crippen LogP contribution in [0, 0.1) is 0 Å². The molecule has 1 fully saturated rings. The number of carbonyl (C=O) groups excluding carboxylic acids is 2. The zero-order valence-corrected chi connectivity index (χ0v) is 9.04. The van der Waals surface area contributed by atoms with Crippen LogP contribution in [0.1, 0.15) is 24.5 Å². The van der Waals surface area contributed by atoms with E-state index >= 15 is 0 Å². The minimum absolute atomic E-state index is 0.216. The Hall–Kier alpha value is -1.69. The number of fused-ring (bicyclic) bond motifs is 1. The summed E-state index contributed by atoms with van der Waals surface area (Å²) in [7, 11) is 0. The van der Waals surface area contributed by atoms with Gasteiger partial charge in [0.25, 0.3) is 0 Å². The highest BCUT2D eigenvalue weighted by Gasteiger charge is 2.32. The molecule has 1 atom stereocenters. The van der Waals surface area contributed by atoms with Crippen molar-refractivity contribution in [2.45, 2.75) is 18.8 Å². The minimum atomic E-state index is -0.363. The normalized spacial score (nSPS) is 21.4. The van der Waals surface area contributed by atoms with Gasteiger partial charge in [-0.25, -0.2) is 0 Å². The molecule has 1 saturated heterocycles. The molecule has 82 valence electrons. The summed E-state index contributed by atoms with van der Waals surface area (Å²) in [6, 6.07) is 1.82. The van der Waals surface area contributed by atoms with E-state index in [1.165, 1.54) is 11.3 Å². The SMILES string of the molecule is O=C1CCC(c2noc3ccsc23)C(=O)N1. The quantitative estimate of drug-likeness (QED) is 0.760. The number of amides is 2. The monoisotopic (exact) mass is 236 g/mol. The lowest BCUT2D eigenvalue weighted by Crippen LogP contribution is -2.39. The number of hydrogen-bond acceptors (Lipinski definition) is 5. The van der Waals surface area contributed by atoms with Crippen LogP contribution in [0.15, 0.2) is 16.0 Å². The zero-order valence-electron chi connectivity index (χ0n) is 8.23. The molecule has 2 aromatic rings. The Balaban J connectivity index is 2.01. The van der Waals surface area contributed by atoms with Gasteiger partial charge in [-0.15, -0.1) is 11.3 Å². The third-order valence-corrected chi connectivity index (χ3v) is 3.59. The molecule has 1 aliphatic rings. The number of nitrogens with zero attached hydrogens (tertiary/aromatic N) is 1. The summed E-state index contributed by atoms with van der Waals surface area (Å²) in [5.41, 5.74) is 1.35.